The van der Waals surface area contributed by atoms with Crippen LogP contribution >= 0.6 is 11.8 Å². The molecule has 4 heteroatoms. The van der Waals surface area contributed by atoms with Crippen LogP contribution in [0, 0.1) is 6.92 Å². The Morgan fingerprint density at radius 3 is 2.61 bits per heavy atom. The van der Waals surface area contributed by atoms with Crippen LogP contribution in [0.2, 0.25) is 0 Å². The minimum Gasteiger partial charge on any atom is -0.308 e. The van der Waals surface area contributed by atoms with E-state index in [1.165, 1.54) is 11.1 Å². The molecule has 0 aliphatic heterocycles. The molecule has 1 aromatic carbocycles. The summed E-state index contributed by atoms with van der Waals surface area (Å²) < 4.78 is 0. The second-order valence-corrected chi connectivity index (χ2v) is 5.06. The summed E-state index contributed by atoms with van der Waals surface area (Å²) in [6, 6.07) is 12.5. The number of nitrogens with two attached hydrogens (primary N) is 1. The fraction of sp³-hybridized carbons (Fsp3) is 0.214. The standard InChI is InChI=1S/C14H17N3S/c1-11-5-2-3-6-12(11)9-18-10-13-7-4-8-16-14(13)17-15/h2-8H,9-10,15H2,1H3,(H,16,17). The average Bonchev–Trinajstić information content (AvgIpc) is 2.41. The van der Waals surface area contributed by atoms with Gasteiger partial charge in [0, 0.05) is 23.3 Å². The molecule has 0 radical (unpaired) electrons. The van der Waals surface area contributed by atoms with Crippen LogP contribution in [-0.2, 0) is 11.5 Å². The Balaban J connectivity index is 1.95. The van der Waals surface area contributed by atoms with Crippen LogP contribution < -0.4 is 11.3 Å². The molecule has 1 aromatic heterocycles. The first-order chi connectivity index (χ1) is 8.81. The first-order valence-corrected chi connectivity index (χ1v) is 6.99. The summed E-state index contributed by atoms with van der Waals surface area (Å²) in [5.41, 5.74) is 6.49. The van der Waals surface area contributed by atoms with Crippen molar-refractivity contribution in [3.63, 3.8) is 0 Å². The summed E-state index contributed by atoms with van der Waals surface area (Å²) >= 11 is 1.87. The number of pyridine rings is 1. The van der Waals surface area contributed by atoms with Crippen LogP contribution in [0.1, 0.15) is 16.7 Å². The van der Waals surface area contributed by atoms with Gasteiger partial charge >= 0.3 is 0 Å². The van der Waals surface area contributed by atoms with Crippen molar-refractivity contribution in [2.45, 2.75) is 18.4 Å². The predicted octanol–water partition coefficient (Wildman–Crippen LogP) is 3.11. The van der Waals surface area contributed by atoms with E-state index in [0.717, 1.165) is 22.9 Å². The van der Waals surface area contributed by atoms with Gasteiger partial charge in [0.15, 0.2) is 0 Å². The van der Waals surface area contributed by atoms with Gasteiger partial charge in [-0.1, -0.05) is 30.3 Å². The summed E-state index contributed by atoms with van der Waals surface area (Å²) in [6.07, 6.45) is 1.74. The maximum atomic E-state index is 5.44. The molecule has 0 bridgehead atoms. The Morgan fingerprint density at radius 2 is 1.83 bits per heavy atom. The van der Waals surface area contributed by atoms with Crippen molar-refractivity contribution in [2.24, 2.45) is 5.84 Å². The van der Waals surface area contributed by atoms with Crippen LogP contribution in [0.25, 0.3) is 0 Å². The molecule has 0 saturated carbocycles. The van der Waals surface area contributed by atoms with Crippen molar-refractivity contribution < 1.29 is 0 Å². The lowest BCUT2D eigenvalue weighted by atomic mass is 10.1. The number of nitrogen functional groups attached to an aromatic ring is 1. The molecule has 2 rings (SSSR count). The molecule has 0 fully saturated rings. The fourth-order valence-electron chi connectivity index (χ4n) is 1.73. The van der Waals surface area contributed by atoms with E-state index in [-0.39, 0.29) is 0 Å². The van der Waals surface area contributed by atoms with E-state index in [9.17, 15) is 0 Å². The summed E-state index contributed by atoms with van der Waals surface area (Å²) in [5.74, 6) is 8.10. The van der Waals surface area contributed by atoms with Gasteiger partial charge in [0.05, 0.1) is 0 Å². The highest BCUT2D eigenvalue weighted by Gasteiger charge is 2.03. The van der Waals surface area contributed by atoms with Crippen LogP contribution in [-0.4, -0.2) is 4.98 Å². The zero-order valence-electron chi connectivity index (χ0n) is 10.4. The lowest BCUT2D eigenvalue weighted by Crippen LogP contribution is -2.10. The van der Waals surface area contributed by atoms with Crippen LogP contribution in [0.15, 0.2) is 42.6 Å². The molecule has 3 N–H and O–H groups in total. The van der Waals surface area contributed by atoms with E-state index in [1.807, 2.05) is 23.9 Å². The smallest absolute Gasteiger partial charge is 0.143 e. The number of aryl methyl sites for hydroxylation is 1. The molecule has 0 amide bonds. The first kappa shape index (κ1) is 12.9. The van der Waals surface area contributed by atoms with Gasteiger partial charge in [-0.25, -0.2) is 10.8 Å². The Hall–Kier alpha value is -1.52. The number of hydrogen-bond acceptors (Lipinski definition) is 4. The third-order valence-corrected chi connectivity index (χ3v) is 3.83. The number of anilines is 1. The average molecular weight is 259 g/mol. The fourth-order valence-corrected chi connectivity index (χ4v) is 2.83. The van der Waals surface area contributed by atoms with Gasteiger partial charge in [-0.2, -0.15) is 11.8 Å². The zero-order chi connectivity index (χ0) is 12.8. The zero-order valence-corrected chi connectivity index (χ0v) is 11.2. The van der Waals surface area contributed by atoms with Crippen molar-refractivity contribution in [2.75, 3.05) is 5.43 Å². The quantitative estimate of drug-likeness (QED) is 0.640. The molecular formula is C14H17N3S. The minimum absolute atomic E-state index is 0.759. The Bertz CT molecular complexity index is 514. The van der Waals surface area contributed by atoms with E-state index >= 15 is 0 Å². The number of hydrogen-bond donors (Lipinski definition) is 2. The maximum Gasteiger partial charge on any atom is 0.143 e. The highest BCUT2D eigenvalue weighted by molar-refractivity contribution is 7.97. The Morgan fingerprint density at radius 1 is 1.11 bits per heavy atom. The number of thioether (sulfide) groups is 1. The second kappa shape index (κ2) is 6.42. The number of hydrazine groups is 1. The van der Waals surface area contributed by atoms with Crippen molar-refractivity contribution in [3.8, 4) is 0 Å². The Kier molecular flexibility index (Phi) is 4.61. The van der Waals surface area contributed by atoms with Gasteiger partial charge in [0.25, 0.3) is 0 Å². The van der Waals surface area contributed by atoms with Gasteiger partial charge in [0.1, 0.15) is 5.82 Å². The Labute approximate surface area is 112 Å². The van der Waals surface area contributed by atoms with Gasteiger partial charge in [-0.05, 0) is 24.1 Å². The van der Waals surface area contributed by atoms with Crippen molar-refractivity contribution >= 4 is 17.6 Å². The SMILES string of the molecule is Cc1ccccc1CSCc1cccnc1NN. The monoisotopic (exact) mass is 259 g/mol. The largest absolute Gasteiger partial charge is 0.308 e. The highest BCUT2D eigenvalue weighted by Crippen LogP contribution is 2.22. The predicted molar refractivity (Wildman–Crippen MR) is 78.2 cm³/mol. The lowest BCUT2D eigenvalue weighted by molar-refractivity contribution is 1.18. The number of nitrogens with zero attached hydrogens (tertiary/aromatic N) is 1. The van der Waals surface area contributed by atoms with E-state index in [1.54, 1.807) is 6.20 Å². The molecule has 0 saturated heterocycles. The lowest BCUT2D eigenvalue weighted by Gasteiger charge is -2.08. The molecule has 3 nitrogen and oxygen atoms in total. The number of nitrogens with one attached hydrogen (secondary N) is 1. The molecule has 0 aliphatic carbocycles. The normalized spacial score (nSPS) is 10.3. The molecule has 0 aliphatic rings. The molecule has 0 unspecified atom stereocenters. The summed E-state index contributed by atoms with van der Waals surface area (Å²) in [7, 11) is 0. The molecule has 2 aromatic rings. The molecular weight excluding hydrogens is 242 g/mol. The maximum absolute atomic E-state index is 5.44. The van der Waals surface area contributed by atoms with Gasteiger partial charge in [-0.15, -0.1) is 0 Å². The van der Waals surface area contributed by atoms with Crippen molar-refractivity contribution in [1.29, 1.82) is 0 Å². The summed E-state index contributed by atoms with van der Waals surface area (Å²) in [6.45, 7) is 2.15. The number of aromatic nitrogens is 1. The number of benzene rings is 1. The molecule has 0 atom stereocenters. The second-order valence-electron chi connectivity index (χ2n) is 4.07. The highest BCUT2D eigenvalue weighted by atomic mass is 32.2. The minimum atomic E-state index is 0.759. The van der Waals surface area contributed by atoms with E-state index in [0.29, 0.717) is 0 Å². The first-order valence-electron chi connectivity index (χ1n) is 5.84. The molecule has 1 heterocycles. The molecule has 94 valence electrons. The van der Waals surface area contributed by atoms with Crippen LogP contribution in [0.3, 0.4) is 0 Å². The van der Waals surface area contributed by atoms with E-state index in [2.05, 4.69) is 41.6 Å². The van der Waals surface area contributed by atoms with Crippen LogP contribution in [0.5, 0.6) is 0 Å². The van der Waals surface area contributed by atoms with Crippen molar-refractivity contribution in [3.05, 3.63) is 59.3 Å². The van der Waals surface area contributed by atoms with Crippen LogP contribution in [0.4, 0.5) is 5.82 Å². The summed E-state index contributed by atoms with van der Waals surface area (Å²) in [5, 5.41) is 0. The third kappa shape index (κ3) is 3.24. The van der Waals surface area contributed by atoms with E-state index < -0.39 is 0 Å². The van der Waals surface area contributed by atoms with Gasteiger partial charge < -0.3 is 5.43 Å². The molecule has 0 spiro atoms. The van der Waals surface area contributed by atoms with Gasteiger partial charge in [0.2, 0.25) is 0 Å². The van der Waals surface area contributed by atoms with E-state index in [4.69, 9.17) is 5.84 Å². The topological polar surface area (TPSA) is 50.9 Å². The third-order valence-electron chi connectivity index (χ3n) is 2.80. The van der Waals surface area contributed by atoms with Gasteiger partial charge in [-0.3, -0.25) is 0 Å². The van der Waals surface area contributed by atoms with Crippen molar-refractivity contribution in [1.82, 2.24) is 4.98 Å². The molecule has 18 heavy (non-hydrogen) atoms. The number of rotatable bonds is 5. The summed E-state index contributed by atoms with van der Waals surface area (Å²) in [4.78, 5) is 4.19.